The molecule has 0 saturated carbocycles. The van der Waals surface area contributed by atoms with Crippen molar-refractivity contribution in [2.75, 3.05) is 11.4 Å². The molecule has 0 aliphatic carbocycles. The molecule has 96 valence electrons. The molecule has 2 heteroatoms. The molecule has 1 aliphatic rings. The molecular weight excluding hydrogens is 234 g/mol. The Morgan fingerprint density at radius 1 is 1.05 bits per heavy atom. The lowest BCUT2D eigenvalue weighted by atomic mass is 9.89. The highest BCUT2D eigenvalue weighted by Gasteiger charge is 2.27. The normalized spacial score (nSPS) is 17.9. The minimum absolute atomic E-state index is 0.0927. The third kappa shape index (κ3) is 2.26. The Bertz CT molecular complexity index is 591. The SMILES string of the molecule is CC(=O)C1Cc2ccccc2N(c2ccccc2)C1. The molecule has 3 rings (SSSR count). The van der Waals surface area contributed by atoms with Gasteiger partial charge >= 0.3 is 0 Å². The average Bonchev–Trinajstić information content (AvgIpc) is 2.47. The summed E-state index contributed by atoms with van der Waals surface area (Å²) in [6.45, 7) is 2.47. The summed E-state index contributed by atoms with van der Waals surface area (Å²) in [5, 5.41) is 0. The van der Waals surface area contributed by atoms with E-state index in [1.54, 1.807) is 6.92 Å². The Hall–Kier alpha value is -2.09. The van der Waals surface area contributed by atoms with Gasteiger partial charge in [0.15, 0.2) is 0 Å². The van der Waals surface area contributed by atoms with E-state index in [2.05, 4.69) is 35.2 Å². The zero-order chi connectivity index (χ0) is 13.2. The standard InChI is InChI=1S/C17H17NO/c1-13(19)15-11-14-7-5-6-10-17(14)18(12-15)16-8-3-2-4-9-16/h2-10,15H,11-12H2,1H3. The molecule has 1 heterocycles. The predicted octanol–water partition coefficient (Wildman–Crippen LogP) is 3.59. The third-order valence-electron chi connectivity index (χ3n) is 3.79. The number of carbonyl (C=O) groups excluding carboxylic acids is 1. The number of fused-ring (bicyclic) bond motifs is 1. The summed E-state index contributed by atoms with van der Waals surface area (Å²) >= 11 is 0. The van der Waals surface area contributed by atoms with E-state index in [1.807, 2.05) is 24.3 Å². The summed E-state index contributed by atoms with van der Waals surface area (Å²) < 4.78 is 0. The number of para-hydroxylation sites is 2. The quantitative estimate of drug-likeness (QED) is 0.813. The first-order valence-electron chi connectivity index (χ1n) is 6.66. The van der Waals surface area contributed by atoms with Gasteiger partial charge in [0.1, 0.15) is 5.78 Å². The van der Waals surface area contributed by atoms with E-state index in [9.17, 15) is 4.79 Å². The maximum Gasteiger partial charge on any atom is 0.135 e. The molecule has 1 aliphatic heterocycles. The molecule has 0 spiro atoms. The number of ketones is 1. The number of hydrogen-bond donors (Lipinski definition) is 0. The topological polar surface area (TPSA) is 20.3 Å². The maximum atomic E-state index is 11.8. The average molecular weight is 251 g/mol. The monoisotopic (exact) mass is 251 g/mol. The van der Waals surface area contributed by atoms with Crippen molar-refractivity contribution in [2.45, 2.75) is 13.3 Å². The Morgan fingerprint density at radius 3 is 2.47 bits per heavy atom. The van der Waals surface area contributed by atoms with Crippen LogP contribution in [0.25, 0.3) is 0 Å². The molecule has 0 saturated heterocycles. The van der Waals surface area contributed by atoms with Crippen LogP contribution in [0.15, 0.2) is 54.6 Å². The van der Waals surface area contributed by atoms with Crippen LogP contribution in [0.2, 0.25) is 0 Å². The molecule has 19 heavy (non-hydrogen) atoms. The predicted molar refractivity (Wildman–Crippen MR) is 77.8 cm³/mol. The molecule has 0 bridgehead atoms. The lowest BCUT2D eigenvalue weighted by Gasteiger charge is -2.35. The summed E-state index contributed by atoms with van der Waals surface area (Å²) in [4.78, 5) is 14.0. The molecule has 2 aromatic rings. The van der Waals surface area contributed by atoms with E-state index >= 15 is 0 Å². The molecule has 1 atom stereocenters. The van der Waals surface area contributed by atoms with Gasteiger partial charge in [-0.15, -0.1) is 0 Å². The van der Waals surface area contributed by atoms with Gasteiger partial charge in [-0.1, -0.05) is 36.4 Å². The molecule has 0 radical (unpaired) electrons. The van der Waals surface area contributed by atoms with E-state index in [-0.39, 0.29) is 11.7 Å². The van der Waals surface area contributed by atoms with Gasteiger partial charge in [-0.05, 0) is 37.1 Å². The Kier molecular flexibility index (Phi) is 3.08. The Labute approximate surface area is 113 Å². The largest absolute Gasteiger partial charge is 0.341 e. The molecule has 0 amide bonds. The molecule has 0 N–H and O–H groups in total. The molecular formula is C17H17NO. The first-order chi connectivity index (χ1) is 9.25. The lowest BCUT2D eigenvalue weighted by molar-refractivity contribution is -0.120. The number of Topliss-reactive ketones (excluding diaryl/α,β-unsaturated/α-hetero) is 1. The zero-order valence-corrected chi connectivity index (χ0v) is 11.0. The summed E-state index contributed by atoms with van der Waals surface area (Å²) in [6.07, 6.45) is 0.856. The van der Waals surface area contributed by atoms with Crippen molar-refractivity contribution in [1.29, 1.82) is 0 Å². The van der Waals surface area contributed by atoms with Gasteiger partial charge in [-0.2, -0.15) is 0 Å². The van der Waals surface area contributed by atoms with E-state index in [0.29, 0.717) is 0 Å². The fourth-order valence-electron chi connectivity index (χ4n) is 2.72. The van der Waals surface area contributed by atoms with Crippen molar-refractivity contribution in [3.05, 3.63) is 60.2 Å². The molecule has 2 nitrogen and oxygen atoms in total. The van der Waals surface area contributed by atoms with Crippen LogP contribution in [0.5, 0.6) is 0 Å². The van der Waals surface area contributed by atoms with Crippen molar-refractivity contribution in [3.8, 4) is 0 Å². The number of benzene rings is 2. The van der Waals surface area contributed by atoms with Crippen molar-refractivity contribution < 1.29 is 4.79 Å². The van der Waals surface area contributed by atoms with Crippen LogP contribution in [-0.2, 0) is 11.2 Å². The van der Waals surface area contributed by atoms with Crippen LogP contribution >= 0.6 is 0 Å². The van der Waals surface area contributed by atoms with Crippen molar-refractivity contribution >= 4 is 17.2 Å². The summed E-state index contributed by atoms with van der Waals surface area (Å²) in [5.74, 6) is 0.366. The number of rotatable bonds is 2. The first kappa shape index (κ1) is 12.0. The summed E-state index contributed by atoms with van der Waals surface area (Å²) in [6, 6.07) is 18.7. The number of hydrogen-bond acceptors (Lipinski definition) is 2. The van der Waals surface area contributed by atoms with Gasteiger partial charge in [0.25, 0.3) is 0 Å². The Balaban J connectivity index is 2.06. The second-order valence-electron chi connectivity index (χ2n) is 5.09. The number of carbonyl (C=O) groups is 1. The van der Waals surface area contributed by atoms with Crippen LogP contribution in [-0.4, -0.2) is 12.3 Å². The number of nitrogens with zero attached hydrogens (tertiary/aromatic N) is 1. The van der Waals surface area contributed by atoms with Crippen molar-refractivity contribution in [1.82, 2.24) is 0 Å². The fourth-order valence-corrected chi connectivity index (χ4v) is 2.72. The molecule has 1 unspecified atom stereocenters. The van der Waals surface area contributed by atoms with Gasteiger partial charge in [0.2, 0.25) is 0 Å². The van der Waals surface area contributed by atoms with Crippen molar-refractivity contribution in [3.63, 3.8) is 0 Å². The molecule has 0 aromatic heterocycles. The van der Waals surface area contributed by atoms with E-state index < -0.39 is 0 Å². The van der Waals surface area contributed by atoms with Crippen LogP contribution in [0, 0.1) is 5.92 Å². The van der Waals surface area contributed by atoms with Gasteiger partial charge in [0, 0.05) is 23.8 Å². The Morgan fingerprint density at radius 2 is 1.74 bits per heavy atom. The summed E-state index contributed by atoms with van der Waals surface area (Å²) in [7, 11) is 0. The van der Waals surface area contributed by atoms with Gasteiger partial charge < -0.3 is 4.90 Å². The zero-order valence-electron chi connectivity index (χ0n) is 11.0. The maximum absolute atomic E-state index is 11.8. The highest BCUT2D eigenvalue weighted by Crippen LogP contribution is 2.35. The first-order valence-corrected chi connectivity index (χ1v) is 6.66. The summed E-state index contributed by atoms with van der Waals surface area (Å²) in [5.41, 5.74) is 3.64. The fraction of sp³-hybridized carbons (Fsp3) is 0.235. The van der Waals surface area contributed by atoms with Crippen molar-refractivity contribution in [2.24, 2.45) is 5.92 Å². The minimum atomic E-state index is 0.0927. The van der Waals surface area contributed by atoms with Crippen LogP contribution in [0.1, 0.15) is 12.5 Å². The smallest absolute Gasteiger partial charge is 0.135 e. The second-order valence-corrected chi connectivity index (χ2v) is 5.09. The van der Waals surface area contributed by atoms with Crippen LogP contribution in [0.3, 0.4) is 0 Å². The second kappa shape index (κ2) is 4.88. The minimum Gasteiger partial charge on any atom is -0.341 e. The highest BCUT2D eigenvalue weighted by atomic mass is 16.1. The lowest BCUT2D eigenvalue weighted by Crippen LogP contribution is -2.35. The third-order valence-corrected chi connectivity index (χ3v) is 3.79. The van der Waals surface area contributed by atoms with Gasteiger partial charge in [-0.25, -0.2) is 0 Å². The van der Waals surface area contributed by atoms with Crippen LogP contribution in [0.4, 0.5) is 11.4 Å². The highest BCUT2D eigenvalue weighted by molar-refractivity contribution is 5.82. The number of anilines is 2. The van der Waals surface area contributed by atoms with Gasteiger partial charge in [0.05, 0.1) is 0 Å². The van der Waals surface area contributed by atoms with Crippen LogP contribution < -0.4 is 4.90 Å². The molecule has 2 aromatic carbocycles. The van der Waals surface area contributed by atoms with E-state index in [4.69, 9.17) is 0 Å². The van der Waals surface area contributed by atoms with E-state index in [1.165, 1.54) is 11.3 Å². The molecule has 0 fully saturated rings. The van der Waals surface area contributed by atoms with Gasteiger partial charge in [-0.3, -0.25) is 4.79 Å². The van der Waals surface area contributed by atoms with E-state index in [0.717, 1.165) is 18.7 Å².